The Morgan fingerprint density at radius 1 is 1.30 bits per heavy atom. The van der Waals surface area contributed by atoms with E-state index in [0.29, 0.717) is 19.1 Å². The van der Waals surface area contributed by atoms with Crippen molar-refractivity contribution in [3.8, 4) is 0 Å². The maximum atomic E-state index is 12.9. The van der Waals surface area contributed by atoms with Crippen LogP contribution in [0, 0.1) is 0 Å². The fraction of sp³-hybridized carbons (Fsp3) is 0.611. The number of piperidine rings is 1. The summed E-state index contributed by atoms with van der Waals surface area (Å²) in [5, 5.41) is 0. The molecule has 1 aromatic carbocycles. The Hall–Kier alpha value is -1.10. The lowest BCUT2D eigenvalue weighted by atomic mass is 9.99. The molecule has 1 amide bonds. The number of nitrogens with zero attached hydrogens (tertiary/aromatic N) is 2. The molecule has 1 saturated heterocycles. The largest absolute Gasteiger partial charge is 0.330 e. The number of amides is 1. The zero-order valence-electron chi connectivity index (χ0n) is 14.3. The standard InChI is InChI=1S/C18H29N3O.ClH/c1-15(2)21(17-9-4-3-5-10-17)18(22)14-20-13-7-6-8-16(20)11-12-19;/h3-5,9-10,15-16H,6-8,11-14,19H2,1-2H3;1H. The molecule has 2 N–H and O–H groups in total. The van der Waals surface area contributed by atoms with Crippen LogP contribution in [-0.2, 0) is 4.79 Å². The van der Waals surface area contributed by atoms with Crippen LogP contribution in [0.5, 0.6) is 0 Å². The molecule has 1 unspecified atom stereocenters. The zero-order valence-corrected chi connectivity index (χ0v) is 15.1. The van der Waals surface area contributed by atoms with Crippen molar-refractivity contribution in [3.05, 3.63) is 30.3 Å². The molecule has 130 valence electrons. The van der Waals surface area contributed by atoms with Crippen molar-refractivity contribution in [3.63, 3.8) is 0 Å². The van der Waals surface area contributed by atoms with Gasteiger partial charge in [-0.05, 0) is 58.3 Å². The molecule has 1 aliphatic rings. The number of nitrogens with two attached hydrogens (primary N) is 1. The highest BCUT2D eigenvalue weighted by molar-refractivity contribution is 5.95. The first-order chi connectivity index (χ1) is 10.6. The number of hydrogen-bond donors (Lipinski definition) is 1. The third-order valence-corrected chi connectivity index (χ3v) is 4.41. The highest BCUT2D eigenvalue weighted by Gasteiger charge is 2.27. The first-order valence-electron chi connectivity index (χ1n) is 8.44. The highest BCUT2D eigenvalue weighted by Crippen LogP contribution is 2.21. The van der Waals surface area contributed by atoms with Crippen molar-refractivity contribution in [2.75, 3.05) is 24.5 Å². The molecule has 0 bridgehead atoms. The Morgan fingerprint density at radius 2 is 2.00 bits per heavy atom. The van der Waals surface area contributed by atoms with Crippen LogP contribution < -0.4 is 10.6 Å². The van der Waals surface area contributed by atoms with Gasteiger partial charge in [-0.2, -0.15) is 0 Å². The molecule has 4 nitrogen and oxygen atoms in total. The summed E-state index contributed by atoms with van der Waals surface area (Å²) in [6.45, 7) is 6.34. The monoisotopic (exact) mass is 339 g/mol. The predicted octanol–water partition coefficient (Wildman–Crippen LogP) is 3.05. The molecule has 23 heavy (non-hydrogen) atoms. The average Bonchev–Trinajstić information content (AvgIpc) is 2.50. The van der Waals surface area contributed by atoms with Crippen molar-refractivity contribution in [2.24, 2.45) is 5.73 Å². The number of hydrogen-bond acceptors (Lipinski definition) is 3. The molecule has 1 aromatic rings. The lowest BCUT2D eigenvalue weighted by molar-refractivity contribution is -0.121. The van der Waals surface area contributed by atoms with E-state index in [1.807, 2.05) is 35.2 Å². The minimum atomic E-state index is 0. The van der Waals surface area contributed by atoms with Gasteiger partial charge in [0.1, 0.15) is 0 Å². The molecule has 0 saturated carbocycles. The Balaban J connectivity index is 0.00000264. The molecular weight excluding hydrogens is 310 g/mol. The zero-order chi connectivity index (χ0) is 15.9. The lowest BCUT2D eigenvalue weighted by Crippen LogP contribution is -2.49. The topological polar surface area (TPSA) is 49.6 Å². The molecule has 0 spiro atoms. The van der Waals surface area contributed by atoms with Gasteiger partial charge in [-0.15, -0.1) is 12.4 Å². The van der Waals surface area contributed by atoms with E-state index < -0.39 is 0 Å². The van der Waals surface area contributed by atoms with Crippen molar-refractivity contribution in [1.29, 1.82) is 0 Å². The fourth-order valence-electron chi connectivity index (χ4n) is 3.36. The van der Waals surface area contributed by atoms with Gasteiger partial charge in [0, 0.05) is 17.8 Å². The molecular formula is C18H30ClN3O. The van der Waals surface area contributed by atoms with Gasteiger partial charge in [-0.1, -0.05) is 24.6 Å². The van der Waals surface area contributed by atoms with Crippen LogP contribution >= 0.6 is 12.4 Å². The average molecular weight is 340 g/mol. The van der Waals surface area contributed by atoms with Crippen molar-refractivity contribution >= 4 is 24.0 Å². The van der Waals surface area contributed by atoms with Crippen LogP contribution in [0.4, 0.5) is 5.69 Å². The molecule has 0 aromatic heterocycles. The van der Waals surface area contributed by atoms with E-state index in [1.165, 1.54) is 12.8 Å². The first-order valence-corrected chi connectivity index (χ1v) is 8.44. The second kappa shape index (κ2) is 9.91. The number of para-hydroxylation sites is 1. The van der Waals surface area contributed by atoms with E-state index >= 15 is 0 Å². The number of halogens is 1. The molecule has 0 radical (unpaired) electrons. The number of likely N-dealkylation sites (tertiary alicyclic amines) is 1. The number of benzene rings is 1. The molecule has 1 atom stereocenters. The van der Waals surface area contributed by atoms with E-state index in [2.05, 4.69) is 18.7 Å². The lowest BCUT2D eigenvalue weighted by Gasteiger charge is -2.37. The Labute approximate surface area is 146 Å². The van der Waals surface area contributed by atoms with Gasteiger partial charge in [0.2, 0.25) is 5.91 Å². The number of rotatable bonds is 6. The quantitative estimate of drug-likeness (QED) is 0.866. The van der Waals surface area contributed by atoms with Gasteiger partial charge in [0.25, 0.3) is 0 Å². The van der Waals surface area contributed by atoms with Crippen molar-refractivity contribution in [2.45, 2.75) is 51.6 Å². The van der Waals surface area contributed by atoms with Crippen LogP contribution in [0.25, 0.3) is 0 Å². The second-order valence-electron chi connectivity index (χ2n) is 6.39. The van der Waals surface area contributed by atoms with E-state index in [1.54, 1.807) is 0 Å². The van der Waals surface area contributed by atoms with Gasteiger partial charge in [-0.25, -0.2) is 0 Å². The number of carbonyl (C=O) groups is 1. The Kier molecular flexibility index (Phi) is 8.59. The SMILES string of the molecule is CC(C)N(C(=O)CN1CCCCC1CCN)c1ccccc1.Cl. The maximum Gasteiger partial charge on any atom is 0.241 e. The van der Waals surface area contributed by atoms with Gasteiger partial charge in [0.05, 0.1) is 6.54 Å². The van der Waals surface area contributed by atoms with E-state index in [-0.39, 0.29) is 24.4 Å². The van der Waals surface area contributed by atoms with Crippen LogP contribution in [0.3, 0.4) is 0 Å². The summed E-state index contributed by atoms with van der Waals surface area (Å²) < 4.78 is 0. The maximum absolute atomic E-state index is 12.9. The molecule has 5 heteroatoms. The first kappa shape index (κ1) is 19.9. The summed E-state index contributed by atoms with van der Waals surface area (Å²) in [7, 11) is 0. The van der Waals surface area contributed by atoms with Crippen molar-refractivity contribution in [1.82, 2.24) is 4.90 Å². The summed E-state index contributed by atoms with van der Waals surface area (Å²) in [6, 6.07) is 10.6. The highest BCUT2D eigenvalue weighted by atomic mass is 35.5. The van der Waals surface area contributed by atoms with Gasteiger partial charge >= 0.3 is 0 Å². The minimum absolute atomic E-state index is 0. The summed E-state index contributed by atoms with van der Waals surface area (Å²) >= 11 is 0. The fourth-order valence-corrected chi connectivity index (χ4v) is 3.36. The molecule has 1 fully saturated rings. The predicted molar refractivity (Wildman–Crippen MR) is 99.2 cm³/mol. The normalized spacial score (nSPS) is 18.5. The van der Waals surface area contributed by atoms with Crippen LogP contribution in [0.15, 0.2) is 30.3 Å². The third kappa shape index (κ3) is 5.48. The molecule has 2 rings (SSSR count). The second-order valence-corrected chi connectivity index (χ2v) is 6.39. The van der Waals surface area contributed by atoms with Crippen LogP contribution in [0.1, 0.15) is 39.5 Å². The number of anilines is 1. The van der Waals surface area contributed by atoms with E-state index in [4.69, 9.17) is 5.73 Å². The van der Waals surface area contributed by atoms with E-state index in [0.717, 1.165) is 25.1 Å². The summed E-state index contributed by atoms with van der Waals surface area (Å²) in [5.41, 5.74) is 6.71. The Morgan fingerprint density at radius 3 is 2.61 bits per heavy atom. The van der Waals surface area contributed by atoms with Gasteiger partial charge in [0.15, 0.2) is 0 Å². The van der Waals surface area contributed by atoms with Gasteiger partial charge in [-0.3, -0.25) is 9.69 Å². The summed E-state index contributed by atoms with van der Waals surface area (Å²) in [4.78, 5) is 17.1. The minimum Gasteiger partial charge on any atom is -0.330 e. The molecule has 1 aliphatic heterocycles. The van der Waals surface area contributed by atoms with Crippen LogP contribution in [0.2, 0.25) is 0 Å². The Bertz CT molecular complexity index is 465. The third-order valence-electron chi connectivity index (χ3n) is 4.41. The van der Waals surface area contributed by atoms with Crippen molar-refractivity contribution < 1.29 is 4.79 Å². The van der Waals surface area contributed by atoms with E-state index in [9.17, 15) is 4.79 Å². The van der Waals surface area contributed by atoms with Crippen LogP contribution in [-0.4, -0.2) is 42.5 Å². The van der Waals surface area contributed by atoms with Gasteiger partial charge < -0.3 is 10.6 Å². The molecule has 0 aliphatic carbocycles. The summed E-state index contributed by atoms with van der Waals surface area (Å²) in [5.74, 6) is 0.185. The smallest absolute Gasteiger partial charge is 0.241 e. The summed E-state index contributed by atoms with van der Waals surface area (Å²) in [6.07, 6.45) is 4.58. The number of carbonyl (C=O) groups excluding carboxylic acids is 1. The molecule has 1 heterocycles.